The van der Waals surface area contributed by atoms with Crippen LogP contribution in [0, 0.1) is 11.6 Å². The highest BCUT2D eigenvalue weighted by molar-refractivity contribution is 6.30. The van der Waals surface area contributed by atoms with Crippen molar-refractivity contribution in [3.05, 3.63) is 51.8 Å². The molecule has 5 nitrogen and oxygen atoms in total. The third-order valence-electron chi connectivity index (χ3n) is 3.92. The molecule has 10 heteroatoms. The molecule has 0 aliphatic carbocycles. The molecule has 0 spiro atoms. The summed E-state index contributed by atoms with van der Waals surface area (Å²) >= 11 is 6.31. The molecule has 1 atom stereocenters. The van der Waals surface area contributed by atoms with Crippen LogP contribution in [0.5, 0.6) is 0 Å². The van der Waals surface area contributed by atoms with Crippen LogP contribution < -0.4 is 5.32 Å². The van der Waals surface area contributed by atoms with Crippen molar-refractivity contribution in [3.8, 4) is 0 Å². The standard InChI is InChI=1S/C18H20ClF4N3O2/c1-3-28-18(27)15-14(4-5-24-10(2)17(22)23)16(19)26(25-15)9-11-6-12(20)8-13(21)7-11/h6-8,10,17,24H,3-5,9H2,1-2H3. The first-order valence-corrected chi connectivity index (χ1v) is 8.99. The van der Waals surface area contributed by atoms with E-state index in [2.05, 4.69) is 10.4 Å². The van der Waals surface area contributed by atoms with Crippen molar-refractivity contribution >= 4 is 17.6 Å². The molecule has 0 saturated heterocycles. The zero-order valence-electron chi connectivity index (χ0n) is 15.3. The molecule has 154 valence electrons. The van der Waals surface area contributed by atoms with Gasteiger partial charge in [-0.2, -0.15) is 5.10 Å². The zero-order chi connectivity index (χ0) is 20.8. The van der Waals surface area contributed by atoms with Gasteiger partial charge in [0.1, 0.15) is 16.8 Å². The Hall–Kier alpha value is -2.13. The van der Waals surface area contributed by atoms with Gasteiger partial charge < -0.3 is 10.1 Å². The summed E-state index contributed by atoms with van der Waals surface area (Å²) in [6.45, 7) is 3.11. The molecule has 0 saturated carbocycles. The Morgan fingerprint density at radius 1 is 1.29 bits per heavy atom. The van der Waals surface area contributed by atoms with Crippen LogP contribution in [-0.2, 0) is 17.7 Å². The summed E-state index contributed by atoms with van der Waals surface area (Å²) in [5.74, 6) is -2.23. The molecular weight excluding hydrogens is 402 g/mol. The Kier molecular flexibility index (Phi) is 7.82. The van der Waals surface area contributed by atoms with Crippen LogP contribution in [0.2, 0.25) is 5.15 Å². The summed E-state index contributed by atoms with van der Waals surface area (Å²) in [7, 11) is 0. The summed E-state index contributed by atoms with van der Waals surface area (Å²) < 4.78 is 58.2. The van der Waals surface area contributed by atoms with E-state index in [0.29, 0.717) is 5.56 Å². The fraction of sp³-hybridized carbons (Fsp3) is 0.444. The van der Waals surface area contributed by atoms with Crippen LogP contribution in [0.25, 0.3) is 0 Å². The average Bonchev–Trinajstić information content (AvgIpc) is 2.90. The lowest BCUT2D eigenvalue weighted by atomic mass is 10.1. The second-order valence-corrected chi connectivity index (χ2v) is 6.46. The number of hydrogen-bond donors (Lipinski definition) is 1. The fourth-order valence-electron chi connectivity index (χ4n) is 2.56. The van der Waals surface area contributed by atoms with Gasteiger partial charge in [0.2, 0.25) is 0 Å². The van der Waals surface area contributed by atoms with Crippen LogP contribution in [0.3, 0.4) is 0 Å². The van der Waals surface area contributed by atoms with Crippen molar-refractivity contribution in [2.75, 3.05) is 13.2 Å². The topological polar surface area (TPSA) is 56.1 Å². The van der Waals surface area contributed by atoms with E-state index in [0.717, 1.165) is 18.2 Å². The molecule has 0 radical (unpaired) electrons. The molecular formula is C18H20ClF4N3O2. The second-order valence-electron chi connectivity index (χ2n) is 6.10. The van der Waals surface area contributed by atoms with E-state index in [9.17, 15) is 22.4 Å². The first kappa shape index (κ1) is 22.2. The van der Waals surface area contributed by atoms with E-state index in [1.54, 1.807) is 6.92 Å². The van der Waals surface area contributed by atoms with Gasteiger partial charge in [0.05, 0.1) is 19.2 Å². The van der Waals surface area contributed by atoms with Crippen molar-refractivity contribution in [2.45, 2.75) is 39.3 Å². The van der Waals surface area contributed by atoms with Gasteiger partial charge in [0, 0.05) is 11.6 Å². The monoisotopic (exact) mass is 421 g/mol. The van der Waals surface area contributed by atoms with Crippen LogP contribution in [0.4, 0.5) is 17.6 Å². The molecule has 2 rings (SSSR count). The summed E-state index contributed by atoms with van der Waals surface area (Å²) in [4.78, 5) is 12.2. The van der Waals surface area contributed by atoms with E-state index < -0.39 is 30.1 Å². The minimum atomic E-state index is -2.54. The van der Waals surface area contributed by atoms with Crippen LogP contribution in [0.15, 0.2) is 18.2 Å². The zero-order valence-corrected chi connectivity index (χ0v) is 16.1. The summed E-state index contributed by atoms with van der Waals surface area (Å²) in [6, 6.07) is 1.95. The number of halogens is 5. The quantitative estimate of drug-likeness (QED) is 0.494. The molecule has 1 aromatic carbocycles. The lowest BCUT2D eigenvalue weighted by Gasteiger charge is -2.12. The number of hydrogen-bond acceptors (Lipinski definition) is 4. The highest BCUT2D eigenvalue weighted by atomic mass is 35.5. The van der Waals surface area contributed by atoms with E-state index in [4.69, 9.17) is 16.3 Å². The molecule has 1 N–H and O–H groups in total. The molecule has 1 heterocycles. The Morgan fingerprint density at radius 2 is 1.93 bits per heavy atom. The van der Waals surface area contributed by atoms with Gasteiger partial charge in [-0.15, -0.1) is 0 Å². The third-order valence-corrected chi connectivity index (χ3v) is 4.35. The minimum Gasteiger partial charge on any atom is -0.461 e. The smallest absolute Gasteiger partial charge is 0.359 e. The molecule has 0 fully saturated rings. The average molecular weight is 422 g/mol. The molecule has 1 unspecified atom stereocenters. The number of esters is 1. The SMILES string of the molecule is CCOC(=O)c1nn(Cc2cc(F)cc(F)c2)c(Cl)c1CCNC(C)C(F)F. The summed E-state index contributed by atoms with van der Waals surface area (Å²) in [5, 5.41) is 6.81. The van der Waals surface area contributed by atoms with Gasteiger partial charge in [0.15, 0.2) is 5.69 Å². The number of benzene rings is 1. The predicted octanol–water partition coefficient (Wildman–Crippen LogP) is 3.83. The Morgan fingerprint density at radius 3 is 2.50 bits per heavy atom. The maximum absolute atomic E-state index is 13.4. The molecule has 1 aromatic heterocycles. The van der Waals surface area contributed by atoms with E-state index in [-0.39, 0.29) is 42.5 Å². The molecule has 28 heavy (non-hydrogen) atoms. The largest absolute Gasteiger partial charge is 0.461 e. The number of nitrogens with zero attached hydrogens (tertiary/aromatic N) is 2. The maximum atomic E-state index is 13.4. The highest BCUT2D eigenvalue weighted by Crippen LogP contribution is 2.23. The first-order valence-electron chi connectivity index (χ1n) is 8.61. The Bertz CT molecular complexity index is 809. The van der Waals surface area contributed by atoms with Crippen molar-refractivity contribution in [2.24, 2.45) is 0 Å². The van der Waals surface area contributed by atoms with Crippen LogP contribution in [0.1, 0.15) is 35.5 Å². The van der Waals surface area contributed by atoms with Crippen molar-refractivity contribution < 1.29 is 27.1 Å². The van der Waals surface area contributed by atoms with Gasteiger partial charge >= 0.3 is 5.97 Å². The Balaban J connectivity index is 2.27. The maximum Gasteiger partial charge on any atom is 0.359 e. The highest BCUT2D eigenvalue weighted by Gasteiger charge is 2.24. The minimum absolute atomic E-state index is 0.0600. The number of carbonyl (C=O) groups is 1. The van der Waals surface area contributed by atoms with Gasteiger partial charge in [-0.05, 0) is 44.5 Å². The van der Waals surface area contributed by atoms with E-state index in [1.807, 2.05) is 0 Å². The van der Waals surface area contributed by atoms with Gasteiger partial charge in [-0.3, -0.25) is 0 Å². The predicted molar refractivity (Wildman–Crippen MR) is 95.8 cm³/mol. The number of aromatic nitrogens is 2. The fourth-order valence-corrected chi connectivity index (χ4v) is 2.84. The van der Waals surface area contributed by atoms with Crippen LogP contribution >= 0.6 is 11.6 Å². The second kappa shape index (κ2) is 9.88. The van der Waals surface area contributed by atoms with Crippen molar-refractivity contribution in [1.29, 1.82) is 0 Å². The molecule has 2 aromatic rings. The number of ether oxygens (including phenoxy) is 1. The third kappa shape index (κ3) is 5.68. The molecule has 0 aliphatic heterocycles. The van der Waals surface area contributed by atoms with Crippen molar-refractivity contribution in [3.63, 3.8) is 0 Å². The number of alkyl halides is 2. The van der Waals surface area contributed by atoms with Crippen molar-refractivity contribution in [1.82, 2.24) is 15.1 Å². The lowest BCUT2D eigenvalue weighted by molar-refractivity contribution is 0.0517. The molecule has 0 aliphatic rings. The Labute approximate surface area is 164 Å². The summed E-state index contributed by atoms with van der Waals surface area (Å²) in [5.41, 5.74) is 0.509. The van der Waals surface area contributed by atoms with Gasteiger partial charge in [0.25, 0.3) is 6.43 Å². The summed E-state index contributed by atoms with van der Waals surface area (Å²) in [6.07, 6.45) is -2.40. The first-order chi connectivity index (χ1) is 13.2. The molecule has 0 amide bonds. The number of carbonyl (C=O) groups excluding carboxylic acids is 1. The van der Waals surface area contributed by atoms with Gasteiger partial charge in [-0.1, -0.05) is 11.6 Å². The number of rotatable bonds is 9. The number of nitrogens with one attached hydrogen (secondary N) is 1. The molecule has 0 bridgehead atoms. The normalized spacial score (nSPS) is 12.4. The lowest BCUT2D eigenvalue weighted by Crippen LogP contribution is -2.34. The van der Waals surface area contributed by atoms with E-state index >= 15 is 0 Å². The van der Waals surface area contributed by atoms with E-state index in [1.165, 1.54) is 11.6 Å². The van der Waals surface area contributed by atoms with Crippen LogP contribution in [-0.4, -0.2) is 41.4 Å². The van der Waals surface area contributed by atoms with Gasteiger partial charge in [-0.25, -0.2) is 27.0 Å².